The first-order valence-corrected chi connectivity index (χ1v) is 21.3. The molecule has 302 valence electrons. The lowest BCUT2D eigenvalue weighted by molar-refractivity contribution is 0.475. The van der Waals surface area contributed by atoms with Gasteiger partial charge in [-0.05, 0) is 122 Å². The third kappa shape index (κ3) is 6.99. The van der Waals surface area contributed by atoms with E-state index in [4.69, 9.17) is 9.97 Å². The van der Waals surface area contributed by atoms with E-state index < -0.39 is 0 Å². The molecule has 0 aliphatic heterocycles. The van der Waals surface area contributed by atoms with E-state index in [9.17, 15) is 5.11 Å². The van der Waals surface area contributed by atoms with E-state index in [2.05, 4.69) is 178 Å². The lowest BCUT2D eigenvalue weighted by Gasteiger charge is -2.21. The summed E-state index contributed by atoms with van der Waals surface area (Å²) < 4.78 is 2.23. The number of phenols is 1. The van der Waals surface area contributed by atoms with E-state index in [-0.39, 0.29) is 16.6 Å². The fourth-order valence-electron chi connectivity index (χ4n) is 8.68. The normalized spacial score (nSPS) is 12.1. The highest BCUT2D eigenvalue weighted by molar-refractivity contribution is 6.04. The third-order valence-electron chi connectivity index (χ3n) is 12.1. The molecule has 10 rings (SSSR count). The maximum Gasteiger partial charge on any atom is 0.149 e. The summed E-state index contributed by atoms with van der Waals surface area (Å²) >= 11 is 0. The van der Waals surface area contributed by atoms with E-state index in [0.717, 1.165) is 77.8 Å². The van der Waals surface area contributed by atoms with E-state index in [1.54, 1.807) is 0 Å². The molecule has 0 aliphatic carbocycles. The minimum atomic E-state index is -0.142. The molecule has 3 heterocycles. The molecule has 62 heavy (non-hydrogen) atoms. The second-order valence-electron chi connectivity index (χ2n) is 18.4. The van der Waals surface area contributed by atoms with Crippen LogP contribution in [0, 0.1) is 0 Å². The van der Waals surface area contributed by atoms with Crippen LogP contribution in [0.3, 0.4) is 0 Å². The Bertz CT molecular complexity index is 3310. The van der Waals surface area contributed by atoms with Crippen molar-refractivity contribution in [2.75, 3.05) is 0 Å². The number of para-hydroxylation sites is 1. The fraction of sp³-hybridized carbons (Fsp3) is 0.140. The summed E-state index contributed by atoms with van der Waals surface area (Å²) in [6, 6.07) is 57.6. The first-order valence-electron chi connectivity index (χ1n) is 21.3. The number of fused-ring (bicyclic) bond motifs is 3. The number of rotatable bonds is 6. The molecular weight excluding hydrogens is 757 g/mol. The zero-order chi connectivity index (χ0) is 42.8. The zero-order valence-corrected chi connectivity index (χ0v) is 36.0. The second kappa shape index (κ2) is 15.0. The molecule has 0 bridgehead atoms. The molecule has 10 aromatic rings. The molecule has 0 atom stereocenters. The van der Waals surface area contributed by atoms with E-state index >= 15 is 0 Å². The van der Waals surface area contributed by atoms with E-state index in [1.807, 2.05) is 48.8 Å². The molecule has 7 aromatic carbocycles. The van der Waals surface area contributed by atoms with Gasteiger partial charge in [0.2, 0.25) is 0 Å². The van der Waals surface area contributed by atoms with Gasteiger partial charge in [-0.3, -0.25) is 14.5 Å². The maximum absolute atomic E-state index is 11.7. The van der Waals surface area contributed by atoms with Crippen molar-refractivity contribution in [1.29, 1.82) is 0 Å². The number of aromatic nitrogens is 4. The van der Waals surface area contributed by atoms with Crippen LogP contribution in [0.15, 0.2) is 176 Å². The van der Waals surface area contributed by atoms with Gasteiger partial charge in [-0.15, -0.1) is 0 Å². The predicted octanol–water partition coefficient (Wildman–Crippen LogP) is 14.8. The Kier molecular flexibility index (Phi) is 9.37. The summed E-state index contributed by atoms with van der Waals surface area (Å²) in [5.74, 6) is 0.869. The van der Waals surface area contributed by atoms with Gasteiger partial charge in [0.05, 0.1) is 27.8 Å². The van der Waals surface area contributed by atoms with Crippen LogP contribution < -0.4 is 0 Å². The molecular formula is C57H48N4O. The van der Waals surface area contributed by atoms with Crippen molar-refractivity contribution >= 4 is 32.7 Å². The fourth-order valence-corrected chi connectivity index (χ4v) is 8.68. The molecule has 0 saturated carbocycles. The third-order valence-corrected chi connectivity index (χ3v) is 12.1. The van der Waals surface area contributed by atoms with Crippen molar-refractivity contribution in [3.63, 3.8) is 0 Å². The number of aromatic hydroxyl groups is 1. The summed E-state index contributed by atoms with van der Waals surface area (Å²) in [5, 5.41) is 15.1. The molecule has 1 N–H and O–H groups in total. The first-order chi connectivity index (χ1) is 29.9. The summed E-state index contributed by atoms with van der Waals surface area (Å²) in [4.78, 5) is 15.2. The Labute approximate surface area is 363 Å². The number of phenolic OH excluding ortho intramolecular Hbond substituents is 1. The smallest absolute Gasteiger partial charge is 0.149 e. The molecule has 0 saturated heterocycles. The van der Waals surface area contributed by atoms with Crippen LogP contribution in [0.5, 0.6) is 5.75 Å². The highest BCUT2D eigenvalue weighted by Crippen LogP contribution is 2.43. The number of hydrogen-bond donors (Lipinski definition) is 1. The molecule has 0 fully saturated rings. The van der Waals surface area contributed by atoms with Crippen molar-refractivity contribution in [3.8, 4) is 67.5 Å². The quantitative estimate of drug-likeness (QED) is 0.182. The van der Waals surface area contributed by atoms with Gasteiger partial charge in [-0.25, -0.2) is 4.98 Å². The minimum absolute atomic E-state index is 0.0152. The predicted molar refractivity (Wildman–Crippen MR) is 258 cm³/mol. The van der Waals surface area contributed by atoms with Crippen LogP contribution in [-0.4, -0.2) is 24.6 Å². The van der Waals surface area contributed by atoms with Gasteiger partial charge in [0.25, 0.3) is 0 Å². The molecule has 0 unspecified atom stereocenters. The van der Waals surface area contributed by atoms with Gasteiger partial charge in [-0.2, -0.15) is 0 Å². The Hall–Kier alpha value is -7.37. The van der Waals surface area contributed by atoms with Gasteiger partial charge in [0.15, 0.2) is 0 Å². The van der Waals surface area contributed by atoms with Crippen molar-refractivity contribution in [3.05, 3.63) is 187 Å². The minimum Gasteiger partial charge on any atom is -0.507 e. The average Bonchev–Trinajstić information content (AvgIpc) is 3.67. The summed E-state index contributed by atoms with van der Waals surface area (Å²) in [6.45, 7) is 13.3. The lowest BCUT2D eigenvalue weighted by Crippen LogP contribution is -2.11. The van der Waals surface area contributed by atoms with E-state index in [1.165, 1.54) is 16.3 Å². The van der Waals surface area contributed by atoms with E-state index in [0.29, 0.717) is 11.4 Å². The largest absolute Gasteiger partial charge is 0.507 e. The van der Waals surface area contributed by atoms with Crippen LogP contribution in [0.1, 0.15) is 52.7 Å². The maximum atomic E-state index is 11.7. The van der Waals surface area contributed by atoms with Gasteiger partial charge in [0.1, 0.15) is 11.6 Å². The molecule has 0 radical (unpaired) electrons. The number of imidazole rings is 1. The van der Waals surface area contributed by atoms with Crippen LogP contribution in [0.4, 0.5) is 0 Å². The van der Waals surface area contributed by atoms with Gasteiger partial charge < -0.3 is 5.11 Å². The molecule has 0 spiro atoms. The van der Waals surface area contributed by atoms with Crippen molar-refractivity contribution in [2.45, 2.75) is 52.4 Å². The average molecular weight is 805 g/mol. The van der Waals surface area contributed by atoms with Gasteiger partial charge in [-0.1, -0.05) is 139 Å². The molecule has 5 heteroatoms. The Balaban J connectivity index is 1.25. The molecule has 5 nitrogen and oxygen atoms in total. The highest BCUT2D eigenvalue weighted by atomic mass is 16.3. The van der Waals surface area contributed by atoms with Crippen molar-refractivity contribution < 1.29 is 5.11 Å². The molecule has 3 aromatic heterocycles. The van der Waals surface area contributed by atoms with Crippen LogP contribution in [0.2, 0.25) is 0 Å². The van der Waals surface area contributed by atoms with Crippen molar-refractivity contribution in [2.24, 2.45) is 0 Å². The highest BCUT2D eigenvalue weighted by Gasteiger charge is 2.25. The number of hydrogen-bond acceptors (Lipinski definition) is 4. The second-order valence-corrected chi connectivity index (χ2v) is 18.4. The number of pyridine rings is 2. The Morgan fingerprint density at radius 2 is 1.18 bits per heavy atom. The summed E-state index contributed by atoms with van der Waals surface area (Å²) in [7, 11) is 0. The van der Waals surface area contributed by atoms with Crippen LogP contribution in [0.25, 0.3) is 94.4 Å². The summed E-state index contributed by atoms with van der Waals surface area (Å²) in [6.07, 6.45) is 3.71. The number of benzene rings is 7. The first kappa shape index (κ1) is 38.8. The van der Waals surface area contributed by atoms with Crippen LogP contribution in [-0.2, 0) is 10.8 Å². The number of nitrogens with zero attached hydrogens (tertiary/aromatic N) is 4. The standard InChI is InChI=1S/C57H48N4O/c1-56(2,3)42-22-25-44(26-23-42)61-51-34-41(38-21-20-36-13-7-8-14-37(36)31-38)33-48(54(51)60-55(61)49-35-43(57(4,5)6)24-27-52(49)62)40-16-11-15-39(32-40)45-17-12-18-47-46(28-30-59-53(45)47)50-19-9-10-29-58-50/h7-35,62H,1-6H3. The van der Waals surface area contributed by atoms with Crippen molar-refractivity contribution in [1.82, 2.24) is 19.5 Å². The lowest BCUT2D eigenvalue weighted by atomic mass is 9.86. The molecule has 0 amide bonds. The Morgan fingerprint density at radius 1 is 0.452 bits per heavy atom. The SMILES string of the molecule is CC(C)(C)c1ccc(-n2c(-c3cc(C(C)(C)C)ccc3O)nc3c(-c4cccc(-c5cccc6c(-c7ccccn7)ccnc56)c4)cc(-c4ccc5ccccc5c4)cc32)cc1. The van der Waals surface area contributed by atoms with Gasteiger partial charge in [0, 0.05) is 40.2 Å². The van der Waals surface area contributed by atoms with Crippen LogP contribution >= 0.6 is 0 Å². The Morgan fingerprint density at radius 3 is 1.94 bits per heavy atom. The van der Waals surface area contributed by atoms with Gasteiger partial charge >= 0.3 is 0 Å². The molecule has 0 aliphatic rings. The monoisotopic (exact) mass is 804 g/mol. The topological polar surface area (TPSA) is 63.8 Å². The zero-order valence-electron chi connectivity index (χ0n) is 36.0. The summed E-state index contributed by atoms with van der Waals surface area (Å²) in [5.41, 5.74) is 14.8.